The summed E-state index contributed by atoms with van der Waals surface area (Å²) in [7, 11) is 0. The number of carboxylic acids is 3. The van der Waals surface area contributed by atoms with Crippen LogP contribution < -0.4 is 56.1 Å². The van der Waals surface area contributed by atoms with Gasteiger partial charge in [-0.3, -0.25) is 38.4 Å². The van der Waals surface area contributed by atoms with Gasteiger partial charge in [0.1, 0.15) is 63.1 Å². The Balaban J connectivity index is 0.000000411. The molecule has 1 aliphatic rings. The molecule has 1 unspecified atom stereocenters. The molecule has 0 saturated carbocycles. The van der Waals surface area contributed by atoms with Crippen molar-refractivity contribution in [3.63, 3.8) is 0 Å². The van der Waals surface area contributed by atoms with Gasteiger partial charge in [-0.1, -0.05) is 66.7 Å². The van der Waals surface area contributed by atoms with E-state index < -0.39 is 102 Å². The van der Waals surface area contributed by atoms with Crippen molar-refractivity contribution < 1.29 is 126 Å². The summed E-state index contributed by atoms with van der Waals surface area (Å²) < 4.78 is 51.1. The zero-order chi connectivity index (χ0) is 78.8. The van der Waals surface area contributed by atoms with Crippen molar-refractivity contribution in [3.8, 4) is 57.5 Å². The van der Waals surface area contributed by atoms with Crippen LogP contribution in [0.2, 0.25) is 0 Å². The van der Waals surface area contributed by atoms with Crippen LogP contribution in [0.4, 0.5) is 0 Å². The van der Waals surface area contributed by atoms with Crippen LogP contribution in [0, 0.1) is 20.8 Å². The molecule has 3 heterocycles. The number of nitrogens with two attached hydrogens (primary N) is 4. The highest BCUT2D eigenvalue weighted by molar-refractivity contribution is 9.08. The fourth-order valence-electron chi connectivity index (χ4n) is 11.7. The minimum Gasteiger partial charge on any atom is -0.508 e. The lowest BCUT2D eigenvalue weighted by atomic mass is 9.97. The number of alkyl halides is 1. The molecule has 0 aliphatic heterocycles. The number of hydrogen-bond donors (Lipinski definition) is 10. The van der Waals surface area contributed by atoms with Crippen LogP contribution in [0.1, 0.15) is 108 Å². The molecule has 9 aromatic rings. The first kappa shape index (κ1) is 84.5. The normalized spacial score (nSPS) is 11.9. The number of halogens is 1. The first-order chi connectivity index (χ1) is 50.4. The average Bonchev–Trinajstić information content (AvgIpc) is 1.63. The maximum absolute atomic E-state index is 13.3. The Hall–Kier alpha value is -13.4. The number of nitrogens with zero attached hydrogens (tertiary/aromatic N) is 3. The molecule has 3 aromatic heterocycles. The van der Waals surface area contributed by atoms with E-state index in [1.54, 1.807) is 77.1 Å². The zero-order valence-electron chi connectivity index (χ0n) is 58.0. The summed E-state index contributed by atoms with van der Waals surface area (Å²) in [6.45, 7) is 8.03. The molecule has 10 rings (SSSR count). The Labute approximate surface area is 628 Å². The van der Waals surface area contributed by atoms with E-state index in [9.17, 15) is 72.9 Å². The standard InChI is InChI=1S/C49H43N5O18.C18H21BrN2O5.C6H6O3.2CH4/c1-22-29(28-7-4-10-32(68-17-35(55)56)41(28)38(22)44(61)47(50)64)16-67-25-13-26(71-20-53-23(2)39(45(62)48(51)65)42-30(53)8-5-11-33(42)69-18-36(57)58)15-27(14-25)72-21-54-24(3)40(46(63)49(52)66)43-31(54)9-6-12-34(43)70-19-37(59)60;1-10-14(16(23)17(20)24)15-11(21(10)9-19)6-5-7-12(15)25-8-13(22)26-18(2,3)4;7-4-1-5(8)3-6(9)2-4;;/h4-15,29H,16-21H2,1-3H3,(H2,50,64)(H2,51,65)(H2,52,66)(H,55,56)(H,57,58)(H,59,60);5-7H,8-9H2,1-4H3,(H2,20,24);1-3,7-9H;2*1H4. The number of phenols is 3. The third-order valence-electron chi connectivity index (χ3n) is 16.2. The number of aliphatic carboxylic acids is 3. The number of rotatable bonds is 30. The largest absolute Gasteiger partial charge is 0.508 e. The van der Waals surface area contributed by atoms with Crippen molar-refractivity contribution in [2.75, 3.05) is 33.0 Å². The Morgan fingerprint density at radius 1 is 0.440 bits per heavy atom. The van der Waals surface area contributed by atoms with Gasteiger partial charge in [0, 0.05) is 70.5 Å². The molecule has 33 nitrogen and oxygen atoms in total. The smallest absolute Gasteiger partial charge is 0.344 e. The number of fused-ring (bicyclic) bond motifs is 4. The number of esters is 1. The number of primary amides is 4. The van der Waals surface area contributed by atoms with Gasteiger partial charge in [-0.05, 0) is 96.5 Å². The fraction of sp³-hybridized carbons (Fsp3) is 0.253. The molecular formula is C75H78BrN7O26. The first-order valence-corrected chi connectivity index (χ1v) is 32.8. The fourth-order valence-corrected chi connectivity index (χ4v) is 12.4. The molecule has 0 bridgehead atoms. The Morgan fingerprint density at radius 2 is 0.771 bits per heavy atom. The number of carboxylic acid groups (broad SMARTS) is 3. The van der Waals surface area contributed by atoms with Crippen LogP contribution >= 0.6 is 15.9 Å². The number of Topliss-reactive ketones (excluding diaryl/α,β-unsaturated/α-hetero) is 4. The summed E-state index contributed by atoms with van der Waals surface area (Å²) in [5.74, 6) is -14.0. The van der Waals surface area contributed by atoms with E-state index in [4.69, 9.17) is 76.1 Å². The van der Waals surface area contributed by atoms with Gasteiger partial charge in [0.25, 0.3) is 46.8 Å². The summed E-state index contributed by atoms with van der Waals surface area (Å²) in [4.78, 5) is 147. The molecular weight excluding hydrogens is 1490 g/mol. The van der Waals surface area contributed by atoms with E-state index in [0.29, 0.717) is 50.0 Å². The number of aromatic nitrogens is 3. The average molecular weight is 1570 g/mol. The number of carbonyl (C=O) groups excluding carboxylic acids is 9. The van der Waals surface area contributed by atoms with E-state index in [0.717, 1.165) is 18.2 Å². The Kier molecular flexibility index (Phi) is 27.6. The van der Waals surface area contributed by atoms with Crippen LogP contribution in [0.25, 0.3) is 38.3 Å². The van der Waals surface area contributed by atoms with Gasteiger partial charge in [-0.2, -0.15) is 0 Å². The van der Waals surface area contributed by atoms with Gasteiger partial charge >= 0.3 is 23.9 Å². The van der Waals surface area contributed by atoms with Crippen LogP contribution in [0.3, 0.4) is 0 Å². The van der Waals surface area contributed by atoms with Gasteiger partial charge < -0.3 is 105 Å². The Bertz CT molecular complexity index is 4970. The van der Waals surface area contributed by atoms with Crippen molar-refractivity contribution in [1.82, 2.24) is 13.7 Å². The summed E-state index contributed by atoms with van der Waals surface area (Å²) in [6.07, 6.45) is 0. The first-order valence-electron chi connectivity index (χ1n) is 31.7. The van der Waals surface area contributed by atoms with Crippen LogP contribution in [0.15, 0.2) is 115 Å². The monoisotopic (exact) mass is 1570 g/mol. The van der Waals surface area contributed by atoms with Crippen molar-refractivity contribution in [1.29, 1.82) is 0 Å². The lowest BCUT2D eigenvalue weighted by Gasteiger charge is -2.19. The van der Waals surface area contributed by atoms with Crippen LogP contribution in [-0.4, -0.2) is 154 Å². The number of ketones is 4. The zero-order valence-corrected chi connectivity index (χ0v) is 59.6. The predicted octanol–water partition coefficient (Wildman–Crippen LogP) is 7.78. The molecule has 109 heavy (non-hydrogen) atoms. The molecule has 576 valence electrons. The second kappa shape index (κ2) is 35.6. The number of ether oxygens (including phenoxy) is 8. The molecule has 0 radical (unpaired) electrons. The van der Waals surface area contributed by atoms with Gasteiger partial charge in [-0.25, -0.2) is 19.2 Å². The maximum atomic E-state index is 13.3. The van der Waals surface area contributed by atoms with Crippen molar-refractivity contribution in [2.45, 2.75) is 93.8 Å². The third kappa shape index (κ3) is 19.4. The summed E-state index contributed by atoms with van der Waals surface area (Å²) in [6, 6.07) is 26.7. The summed E-state index contributed by atoms with van der Waals surface area (Å²) >= 11 is 3.37. The number of amides is 4. The summed E-state index contributed by atoms with van der Waals surface area (Å²) in [5, 5.41) is 54.6. The molecule has 0 spiro atoms. The van der Waals surface area contributed by atoms with Crippen molar-refractivity contribution in [3.05, 3.63) is 160 Å². The Morgan fingerprint density at radius 3 is 1.13 bits per heavy atom. The minimum absolute atomic E-state index is 0. The van der Waals surface area contributed by atoms with Crippen molar-refractivity contribution in [2.24, 2.45) is 22.9 Å². The van der Waals surface area contributed by atoms with E-state index in [1.807, 2.05) is 4.57 Å². The maximum Gasteiger partial charge on any atom is 0.344 e. The van der Waals surface area contributed by atoms with Gasteiger partial charge in [0.2, 0.25) is 0 Å². The van der Waals surface area contributed by atoms with Gasteiger partial charge in [0.15, 0.2) is 39.9 Å². The van der Waals surface area contributed by atoms with Crippen molar-refractivity contribution >= 4 is 125 Å². The lowest BCUT2D eigenvalue weighted by Crippen LogP contribution is -2.27. The SMILES string of the molecule is C.C.CC1=C(C(=O)C(N)=O)c2c(OCC(=O)O)cccc2C1COc1cc(OCn2c(C)c(C(=O)C(N)=O)c3c(OCC(=O)O)cccc32)cc(OCn2c(C)c(C(=O)C(N)=O)c3c(OCC(=O)O)cccc32)c1.Cc1c(C(=O)C(N)=O)c2c(OCC(=O)OC(C)(C)C)cccc2n1CBr.Oc1cc(O)cc(O)c1. The second-order valence-corrected chi connectivity index (χ2v) is 25.0. The van der Waals surface area contributed by atoms with Crippen LogP contribution in [0.5, 0.6) is 57.5 Å². The third-order valence-corrected chi connectivity index (χ3v) is 16.7. The van der Waals surface area contributed by atoms with Gasteiger partial charge in [-0.15, -0.1) is 0 Å². The number of carbonyl (C=O) groups is 12. The minimum atomic E-state index is -1.30. The van der Waals surface area contributed by atoms with E-state index in [-0.39, 0.29) is 143 Å². The molecule has 1 aliphatic carbocycles. The molecule has 1 atom stereocenters. The summed E-state index contributed by atoms with van der Waals surface area (Å²) in [5.41, 5.74) is 24.3. The van der Waals surface area contributed by atoms with E-state index >= 15 is 0 Å². The van der Waals surface area contributed by atoms with Crippen LogP contribution in [-0.2, 0) is 66.8 Å². The van der Waals surface area contributed by atoms with E-state index in [1.165, 1.54) is 71.5 Å². The molecule has 14 N–H and O–H groups in total. The highest BCUT2D eigenvalue weighted by atomic mass is 79.9. The number of hydrogen-bond acceptors (Lipinski definition) is 23. The molecule has 4 amide bonds. The highest BCUT2D eigenvalue weighted by Gasteiger charge is 2.38. The predicted molar refractivity (Wildman–Crippen MR) is 394 cm³/mol. The van der Waals surface area contributed by atoms with Gasteiger partial charge in [0.05, 0.1) is 61.5 Å². The second-order valence-electron chi connectivity index (χ2n) is 24.5. The highest BCUT2D eigenvalue weighted by Crippen LogP contribution is 2.47. The molecule has 34 heteroatoms. The topological polar surface area (TPSA) is 519 Å². The quantitative estimate of drug-likeness (QED) is 0.00888. The molecule has 6 aromatic carbocycles. The molecule has 0 fully saturated rings. The lowest BCUT2D eigenvalue weighted by molar-refractivity contribution is -0.157. The molecule has 0 saturated heterocycles. The number of phenolic OH excluding ortho intramolecular Hbond substituents is 3. The van der Waals surface area contributed by atoms with E-state index in [2.05, 4.69) is 15.9 Å². The number of aromatic hydroxyl groups is 3. The number of benzene rings is 6.